The van der Waals surface area contributed by atoms with Crippen molar-refractivity contribution in [3.05, 3.63) is 59.2 Å². The normalized spacial score (nSPS) is 27.0. The van der Waals surface area contributed by atoms with E-state index in [1.165, 1.54) is 125 Å². The van der Waals surface area contributed by atoms with Gasteiger partial charge in [-0.25, -0.2) is 0 Å². The molecule has 6 heteroatoms. The Kier molecular flexibility index (Phi) is 14.0. The number of nitrogens with zero attached hydrogens (tertiary/aromatic N) is 2. The average molecular weight is 605 g/mol. The summed E-state index contributed by atoms with van der Waals surface area (Å²) in [5.41, 5.74) is 5.81. The highest BCUT2D eigenvalue weighted by atomic mass is 16.5. The summed E-state index contributed by atoms with van der Waals surface area (Å²) >= 11 is 0. The van der Waals surface area contributed by atoms with Crippen molar-refractivity contribution in [3.8, 4) is 0 Å². The first-order valence-corrected chi connectivity index (χ1v) is 18.1. The number of rotatable bonds is 10. The molecule has 44 heavy (non-hydrogen) atoms. The van der Waals surface area contributed by atoms with E-state index in [0.29, 0.717) is 12.1 Å². The minimum absolute atomic E-state index is 0.699. The van der Waals surface area contributed by atoms with E-state index in [1.807, 2.05) is 24.8 Å². The molecule has 0 bridgehead atoms. The van der Waals surface area contributed by atoms with Crippen LogP contribution in [0.2, 0.25) is 0 Å². The number of pyridine rings is 2. The van der Waals surface area contributed by atoms with Crippen molar-refractivity contribution < 1.29 is 9.47 Å². The Labute approximate surface area is 267 Å². The van der Waals surface area contributed by atoms with E-state index in [0.717, 1.165) is 50.1 Å². The monoisotopic (exact) mass is 604 g/mol. The van der Waals surface area contributed by atoms with Gasteiger partial charge < -0.3 is 20.1 Å². The number of nitrogens with one attached hydrogen (secondary N) is 2. The molecule has 2 saturated heterocycles. The van der Waals surface area contributed by atoms with Crippen LogP contribution in [0.1, 0.15) is 124 Å². The van der Waals surface area contributed by atoms with Crippen LogP contribution >= 0.6 is 0 Å². The van der Waals surface area contributed by atoms with E-state index in [2.05, 4.69) is 46.6 Å². The highest BCUT2D eigenvalue weighted by molar-refractivity contribution is 5.27. The van der Waals surface area contributed by atoms with E-state index < -0.39 is 0 Å². The molecule has 0 radical (unpaired) electrons. The van der Waals surface area contributed by atoms with Crippen molar-refractivity contribution in [2.75, 3.05) is 39.5 Å². The van der Waals surface area contributed by atoms with Crippen LogP contribution in [0, 0.1) is 25.7 Å². The molecule has 2 aromatic rings. The smallest absolute Gasteiger partial charge is 0.0480 e. The summed E-state index contributed by atoms with van der Waals surface area (Å²) < 4.78 is 10.8. The molecule has 0 aromatic carbocycles. The van der Waals surface area contributed by atoms with Crippen LogP contribution in [0.4, 0.5) is 0 Å². The van der Waals surface area contributed by atoms with Gasteiger partial charge in [0.25, 0.3) is 0 Å². The first-order chi connectivity index (χ1) is 21.7. The van der Waals surface area contributed by atoms with Gasteiger partial charge in [-0.05, 0) is 175 Å². The van der Waals surface area contributed by atoms with Gasteiger partial charge in [0.1, 0.15) is 0 Å². The van der Waals surface area contributed by atoms with Gasteiger partial charge in [0, 0.05) is 63.3 Å². The Morgan fingerprint density at radius 1 is 0.568 bits per heavy atom. The molecule has 2 aromatic heterocycles. The van der Waals surface area contributed by atoms with Crippen molar-refractivity contribution in [2.45, 2.75) is 128 Å². The largest absolute Gasteiger partial charge is 0.381 e. The second-order valence-electron chi connectivity index (χ2n) is 14.2. The number of hydrogen-bond donors (Lipinski definition) is 2. The third-order valence-electron chi connectivity index (χ3n) is 11.1. The second-order valence-corrected chi connectivity index (χ2v) is 14.2. The number of ether oxygens (including phenoxy) is 2. The Hall–Kier alpha value is -1.86. The molecule has 0 atom stereocenters. The maximum Gasteiger partial charge on any atom is 0.0480 e. The van der Waals surface area contributed by atoms with Crippen LogP contribution in [0.5, 0.6) is 0 Å². The van der Waals surface area contributed by atoms with Gasteiger partial charge >= 0.3 is 0 Å². The molecule has 6 rings (SSSR count). The van der Waals surface area contributed by atoms with E-state index in [-0.39, 0.29) is 0 Å². The molecule has 4 heterocycles. The van der Waals surface area contributed by atoms with Crippen molar-refractivity contribution in [1.82, 2.24) is 20.6 Å². The molecule has 4 fully saturated rings. The van der Waals surface area contributed by atoms with E-state index >= 15 is 0 Å². The molecule has 0 unspecified atom stereocenters. The van der Waals surface area contributed by atoms with Gasteiger partial charge in [-0.3, -0.25) is 9.97 Å². The Morgan fingerprint density at radius 2 is 0.955 bits per heavy atom. The first-order valence-electron chi connectivity index (χ1n) is 18.1. The highest BCUT2D eigenvalue weighted by Crippen LogP contribution is 2.39. The van der Waals surface area contributed by atoms with Crippen molar-refractivity contribution >= 4 is 0 Å². The summed E-state index contributed by atoms with van der Waals surface area (Å²) in [5.74, 6) is 3.38. The lowest BCUT2D eigenvalue weighted by atomic mass is 9.77. The van der Waals surface area contributed by atoms with Gasteiger partial charge in [-0.15, -0.1) is 0 Å². The first kappa shape index (κ1) is 33.5. The Bertz CT molecular complexity index is 983. The number of aromatic nitrogens is 2. The van der Waals surface area contributed by atoms with Gasteiger partial charge in [-0.2, -0.15) is 0 Å². The molecule has 4 aliphatic rings. The van der Waals surface area contributed by atoms with Crippen molar-refractivity contribution in [3.63, 3.8) is 0 Å². The Balaban J connectivity index is 0.000000175. The molecule has 0 amide bonds. The summed E-state index contributed by atoms with van der Waals surface area (Å²) in [6, 6.07) is 5.86. The van der Waals surface area contributed by atoms with Gasteiger partial charge in [0.2, 0.25) is 0 Å². The second kappa shape index (κ2) is 18.3. The maximum atomic E-state index is 5.42. The van der Waals surface area contributed by atoms with Crippen LogP contribution in [-0.4, -0.2) is 61.6 Å². The SMILES string of the molecule is Cc1cnccc1C1CCC(CCNC2CCOCC2)CC1.Cc1cnccc1C1CCC(CCNC2CCOCC2)CC1. The predicted octanol–water partition coefficient (Wildman–Crippen LogP) is 7.65. The number of aryl methyl sites for hydroxylation is 2. The van der Waals surface area contributed by atoms with Gasteiger partial charge in [0.15, 0.2) is 0 Å². The molecular formula is C38H60N4O2. The molecule has 6 nitrogen and oxygen atoms in total. The lowest BCUT2D eigenvalue weighted by Gasteiger charge is -2.30. The van der Waals surface area contributed by atoms with Gasteiger partial charge in [0.05, 0.1) is 0 Å². The zero-order valence-corrected chi connectivity index (χ0v) is 27.8. The lowest BCUT2D eigenvalue weighted by molar-refractivity contribution is 0.0773. The molecule has 244 valence electrons. The minimum atomic E-state index is 0.699. The van der Waals surface area contributed by atoms with Crippen LogP contribution in [0.3, 0.4) is 0 Å². The summed E-state index contributed by atoms with van der Waals surface area (Å²) in [4.78, 5) is 8.44. The summed E-state index contributed by atoms with van der Waals surface area (Å²) in [6.45, 7) is 10.5. The van der Waals surface area contributed by atoms with Crippen molar-refractivity contribution in [2.24, 2.45) is 11.8 Å². The summed E-state index contributed by atoms with van der Waals surface area (Å²) in [7, 11) is 0. The quantitative estimate of drug-likeness (QED) is 0.290. The topological polar surface area (TPSA) is 68.3 Å². The molecular weight excluding hydrogens is 544 g/mol. The fourth-order valence-corrected chi connectivity index (χ4v) is 8.20. The summed E-state index contributed by atoms with van der Waals surface area (Å²) in [5, 5.41) is 7.47. The zero-order chi connectivity index (χ0) is 30.4. The summed E-state index contributed by atoms with van der Waals surface area (Å²) in [6.07, 6.45) is 26.4. The third kappa shape index (κ3) is 10.6. The third-order valence-corrected chi connectivity index (χ3v) is 11.1. The van der Waals surface area contributed by atoms with E-state index in [4.69, 9.17) is 9.47 Å². The lowest BCUT2D eigenvalue weighted by Crippen LogP contribution is -2.36. The highest BCUT2D eigenvalue weighted by Gasteiger charge is 2.25. The molecule has 2 aliphatic heterocycles. The standard InChI is InChI=1S/2C19H30N2O/c2*1-15-14-20-10-7-19(15)17-4-2-16(3-5-17)6-11-21-18-8-12-22-13-9-18/h2*7,10,14,16-18,21H,2-6,8-9,11-13H2,1H3. The van der Waals surface area contributed by atoms with Crippen LogP contribution in [0.15, 0.2) is 36.9 Å². The molecule has 2 aliphatic carbocycles. The van der Waals surface area contributed by atoms with E-state index in [1.54, 1.807) is 0 Å². The van der Waals surface area contributed by atoms with Crippen LogP contribution in [-0.2, 0) is 9.47 Å². The predicted molar refractivity (Wildman–Crippen MR) is 180 cm³/mol. The van der Waals surface area contributed by atoms with Gasteiger partial charge in [-0.1, -0.05) is 0 Å². The van der Waals surface area contributed by atoms with Crippen LogP contribution in [0.25, 0.3) is 0 Å². The molecule has 2 N–H and O–H groups in total. The Morgan fingerprint density at radius 3 is 1.32 bits per heavy atom. The maximum absolute atomic E-state index is 5.42. The van der Waals surface area contributed by atoms with Crippen LogP contribution < -0.4 is 10.6 Å². The number of hydrogen-bond acceptors (Lipinski definition) is 6. The van der Waals surface area contributed by atoms with E-state index in [9.17, 15) is 0 Å². The minimum Gasteiger partial charge on any atom is -0.381 e. The fraction of sp³-hybridized carbons (Fsp3) is 0.737. The van der Waals surface area contributed by atoms with Crippen molar-refractivity contribution in [1.29, 1.82) is 0 Å². The zero-order valence-electron chi connectivity index (χ0n) is 27.8. The molecule has 0 spiro atoms. The fourth-order valence-electron chi connectivity index (χ4n) is 8.20. The molecule has 2 saturated carbocycles. The average Bonchev–Trinajstić information content (AvgIpc) is 3.07.